The molecule has 0 heterocycles. The van der Waals surface area contributed by atoms with Crippen LogP contribution in [-0.4, -0.2) is 13.1 Å². The summed E-state index contributed by atoms with van der Waals surface area (Å²) < 4.78 is 0. The van der Waals surface area contributed by atoms with Gasteiger partial charge < -0.3 is 10.6 Å². The summed E-state index contributed by atoms with van der Waals surface area (Å²) in [7, 11) is 2.01. The Labute approximate surface area is 115 Å². The van der Waals surface area contributed by atoms with Crippen LogP contribution >= 0.6 is 0 Å². The second kappa shape index (κ2) is 7.07. The van der Waals surface area contributed by atoms with E-state index in [-0.39, 0.29) is 0 Å². The fourth-order valence-electron chi connectivity index (χ4n) is 2.36. The highest BCUT2D eigenvalue weighted by molar-refractivity contribution is 5.20. The molecule has 2 aromatic carbocycles. The van der Waals surface area contributed by atoms with Crippen molar-refractivity contribution in [1.82, 2.24) is 10.6 Å². The summed E-state index contributed by atoms with van der Waals surface area (Å²) in [5.74, 6) is 0. The van der Waals surface area contributed by atoms with Crippen LogP contribution in [0, 0.1) is 0 Å². The first-order valence-corrected chi connectivity index (χ1v) is 6.81. The molecule has 0 aromatic heterocycles. The van der Waals surface area contributed by atoms with Crippen LogP contribution in [0.25, 0.3) is 0 Å². The van der Waals surface area contributed by atoms with E-state index in [1.165, 1.54) is 11.1 Å². The first-order valence-electron chi connectivity index (χ1n) is 6.81. The zero-order valence-electron chi connectivity index (χ0n) is 11.6. The van der Waals surface area contributed by atoms with E-state index in [1.54, 1.807) is 0 Å². The topological polar surface area (TPSA) is 24.1 Å². The minimum Gasteiger partial charge on any atom is -0.312 e. The van der Waals surface area contributed by atoms with E-state index < -0.39 is 0 Å². The summed E-state index contributed by atoms with van der Waals surface area (Å²) in [5, 5.41) is 6.98. The van der Waals surface area contributed by atoms with Gasteiger partial charge in [-0.3, -0.25) is 0 Å². The molecule has 2 unspecified atom stereocenters. The van der Waals surface area contributed by atoms with Crippen LogP contribution in [0.15, 0.2) is 60.7 Å². The van der Waals surface area contributed by atoms with E-state index in [4.69, 9.17) is 0 Å². The molecular formula is C17H22N2. The Kier molecular flexibility index (Phi) is 5.13. The molecule has 0 bridgehead atoms. The molecule has 0 saturated carbocycles. The summed E-state index contributed by atoms with van der Waals surface area (Å²) >= 11 is 0. The van der Waals surface area contributed by atoms with Crippen LogP contribution < -0.4 is 10.6 Å². The summed E-state index contributed by atoms with van der Waals surface area (Å²) in [6.45, 7) is 3.12. The van der Waals surface area contributed by atoms with Gasteiger partial charge in [0.15, 0.2) is 0 Å². The monoisotopic (exact) mass is 254 g/mol. The van der Waals surface area contributed by atoms with Gasteiger partial charge >= 0.3 is 0 Å². The smallest absolute Gasteiger partial charge is 0.0470 e. The number of rotatable bonds is 6. The number of nitrogens with one attached hydrogen (secondary N) is 2. The van der Waals surface area contributed by atoms with Crippen molar-refractivity contribution in [2.75, 3.05) is 7.05 Å². The van der Waals surface area contributed by atoms with E-state index >= 15 is 0 Å². The van der Waals surface area contributed by atoms with E-state index in [2.05, 4.69) is 72.2 Å². The van der Waals surface area contributed by atoms with Gasteiger partial charge in [-0.2, -0.15) is 0 Å². The van der Waals surface area contributed by atoms with Crippen molar-refractivity contribution in [3.8, 4) is 0 Å². The normalized spacial score (nSPS) is 14.0. The Balaban J connectivity index is 1.96. The third-order valence-electron chi connectivity index (χ3n) is 3.44. The third-order valence-corrected chi connectivity index (χ3v) is 3.44. The van der Waals surface area contributed by atoms with Crippen molar-refractivity contribution in [3.63, 3.8) is 0 Å². The number of hydrogen-bond acceptors (Lipinski definition) is 2. The molecule has 2 atom stereocenters. The molecule has 0 saturated heterocycles. The average Bonchev–Trinajstić information content (AvgIpc) is 2.48. The zero-order valence-corrected chi connectivity index (χ0v) is 11.6. The second-order valence-electron chi connectivity index (χ2n) is 4.83. The van der Waals surface area contributed by atoms with Crippen molar-refractivity contribution in [2.45, 2.75) is 25.6 Å². The lowest BCUT2D eigenvalue weighted by atomic mass is 10.0. The van der Waals surface area contributed by atoms with E-state index in [0.717, 1.165) is 6.54 Å². The minimum absolute atomic E-state index is 0.324. The van der Waals surface area contributed by atoms with Crippen LogP contribution in [0.4, 0.5) is 0 Å². The van der Waals surface area contributed by atoms with Gasteiger partial charge in [-0.15, -0.1) is 0 Å². The quantitative estimate of drug-likeness (QED) is 0.827. The van der Waals surface area contributed by atoms with E-state index in [1.807, 2.05) is 13.1 Å². The Bertz CT molecular complexity index is 467. The maximum absolute atomic E-state index is 3.59. The maximum atomic E-state index is 3.59. The average molecular weight is 254 g/mol. The number of hydrogen-bond donors (Lipinski definition) is 2. The SMILES string of the molecule is CNC(c1ccccc1)C(C)NCc1ccccc1. The molecular weight excluding hydrogens is 232 g/mol. The molecule has 2 heteroatoms. The van der Waals surface area contributed by atoms with Gasteiger partial charge in [0.2, 0.25) is 0 Å². The fraction of sp³-hybridized carbons (Fsp3) is 0.294. The molecule has 19 heavy (non-hydrogen) atoms. The van der Waals surface area contributed by atoms with Gasteiger partial charge in [0.25, 0.3) is 0 Å². The molecule has 2 N–H and O–H groups in total. The molecule has 2 nitrogen and oxygen atoms in total. The number of benzene rings is 2. The van der Waals surface area contributed by atoms with Crippen molar-refractivity contribution in [3.05, 3.63) is 71.8 Å². The predicted molar refractivity (Wildman–Crippen MR) is 81.0 cm³/mol. The van der Waals surface area contributed by atoms with E-state index in [0.29, 0.717) is 12.1 Å². The molecule has 0 radical (unpaired) electrons. The van der Waals surface area contributed by atoms with Crippen LogP contribution in [0.3, 0.4) is 0 Å². The molecule has 100 valence electrons. The summed E-state index contributed by atoms with van der Waals surface area (Å²) in [5.41, 5.74) is 2.63. The lowest BCUT2D eigenvalue weighted by molar-refractivity contribution is 0.418. The van der Waals surface area contributed by atoms with Gasteiger partial charge in [0.1, 0.15) is 0 Å². The first kappa shape index (κ1) is 13.8. The molecule has 2 aromatic rings. The van der Waals surface area contributed by atoms with Crippen LogP contribution in [0.1, 0.15) is 24.1 Å². The standard InChI is InChI=1S/C17H22N2/c1-14(19-13-15-9-5-3-6-10-15)17(18-2)16-11-7-4-8-12-16/h3-12,14,17-19H,13H2,1-2H3. The Morgan fingerprint density at radius 1 is 0.895 bits per heavy atom. The molecule has 0 amide bonds. The van der Waals surface area contributed by atoms with Crippen LogP contribution in [0.2, 0.25) is 0 Å². The minimum atomic E-state index is 0.324. The Hall–Kier alpha value is -1.64. The second-order valence-corrected chi connectivity index (χ2v) is 4.83. The fourth-order valence-corrected chi connectivity index (χ4v) is 2.36. The lowest BCUT2D eigenvalue weighted by Gasteiger charge is -2.25. The van der Waals surface area contributed by atoms with Crippen molar-refractivity contribution >= 4 is 0 Å². The summed E-state index contributed by atoms with van der Waals surface area (Å²) in [4.78, 5) is 0. The third kappa shape index (κ3) is 3.91. The lowest BCUT2D eigenvalue weighted by Crippen LogP contribution is -2.38. The predicted octanol–water partition coefficient (Wildman–Crippen LogP) is 3.13. The zero-order chi connectivity index (χ0) is 13.5. The molecule has 2 rings (SSSR count). The summed E-state index contributed by atoms with van der Waals surface area (Å²) in [6.07, 6.45) is 0. The maximum Gasteiger partial charge on any atom is 0.0470 e. The molecule has 0 aliphatic heterocycles. The number of likely N-dealkylation sites (N-methyl/N-ethyl adjacent to an activating group) is 1. The van der Waals surface area contributed by atoms with Crippen LogP contribution in [-0.2, 0) is 6.54 Å². The highest BCUT2D eigenvalue weighted by atomic mass is 15.0. The van der Waals surface area contributed by atoms with Crippen molar-refractivity contribution in [2.24, 2.45) is 0 Å². The largest absolute Gasteiger partial charge is 0.312 e. The summed E-state index contributed by atoms with van der Waals surface area (Å²) in [6, 6.07) is 21.8. The Morgan fingerprint density at radius 2 is 1.47 bits per heavy atom. The van der Waals surface area contributed by atoms with Gasteiger partial charge in [-0.05, 0) is 25.1 Å². The first-order chi connectivity index (χ1) is 9.31. The highest BCUT2D eigenvalue weighted by Crippen LogP contribution is 2.16. The molecule has 0 fully saturated rings. The van der Waals surface area contributed by atoms with Crippen LogP contribution in [0.5, 0.6) is 0 Å². The van der Waals surface area contributed by atoms with Gasteiger partial charge in [0.05, 0.1) is 0 Å². The van der Waals surface area contributed by atoms with Gasteiger partial charge in [-0.1, -0.05) is 60.7 Å². The molecule has 0 spiro atoms. The highest BCUT2D eigenvalue weighted by Gasteiger charge is 2.16. The molecule has 0 aliphatic carbocycles. The van der Waals surface area contributed by atoms with E-state index in [9.17, 15) is 0 Å². The molecule has 0 aliphatic rings. The van der Waals surface area contributed by atoms with Gasteiger partial charge in [0, 0.05) is 18.6 Å². The van der Waals surface area contributed by atoms with Crippen molar-refractivity contribution in [1.29, 1.82) is 0 Å². The Morgan fingerprint density at radius 3 is 2.05 bits per heavy atom. The van der Waals surface area contributed by atoms with Crippen molar-refractivity contribution < 1.29 is 0 Å². The van der Waals surface area contributed by atoms with Gasteiger partial charge in [-0.25, -0.2) is 0 Å².